The molecule has 0 unspecified atom stereocenters. The van der Waals surface area contributed by atoms with Crippen molar-refractivity contribution in [3.8, 4) is 10.6 Å². The van der Waals surface area contributed by atoms with Crippen LogP contribution in [0, 0.1) is 0 Å². The van der Waals surface area contributed by atoms with Gasteiger partial charge in [-0.25, -0.2) is 4.98 Å². The number of amides is 1. The highest BCUT2D eigenvalue weighted by Crippen LogP contribution is 2.23. The number of carbonyl (C=O) groups is 1. The minimum absolute atomic E-state index is 0.148. The molecule has 1 amide bonds. The Kier molecular flexibility index (Phi) is 4.68. The third-order valence-electron chi connectivity index (χ3n) is 3.02. The number of hydrogen-bond acceptors (Lipinski definition) is 3. The van der Waals surface area contributed by atoms with Gasteiger partial charge in [0, 0.05) is 24.0 Å². The maximum Gasteiger partial charge on any atom is 0.228 e. The fourth-order valence-corrected chi connectivity index (χ4v) is 2.77. The number of benzene rings is 1. The molecule has 0 saturated carbocycles. The summed E-state index contributed by atoms with van der Waals surface area (Å²) in [6.45, 7) is 5.51. The molecule has 100 valence electrons. The first-order valence-electron chi connectivity index (χ1n) is 6.52. The van der Waals surface area contributed by atoms with Crippen molar-refractivity contribution in [3.63, 3.8) is 0 Å². The van der Waals surface area contributed by atoms with Crippen LogP contribution in [0.4, 0.5) is 0 Å². The van der Waals surface area contributed by atoms with Crippen LogP contribution in [0.25, 0.3) is 10.6 Å². The molecule has 0 fully saturated rings. The summed E-state index contributed by atoms with van der Waals surface area (Å²) < 4.78 is 0. The highest BCUT2D eigenvalue weighted by molar-refractivity contribution is 7.13. The Morgan fingerprint density at radius 2 is 1.89 bits per heavy atom. The van der Waals surface area contributed by atoms with Crippen molar-refractivity contribution in [1.82, 2.24) is 9.88 Å². The zero-order valence-corrected chi connectivity index (χ0v) is 12.1. The Labute approximate surface area is 117 Å². The lowest BCUT2D eigenvalue weighted by Crippen LogP contribution is -2.31. The summed E-state index contributed by atoms with van der Waals surface area (Å²) in [5.74, 6) is 0.148. The van der Waals surface area contributed by atoms with E-state index in [0.717, 1.165) is 29.4 Å². The molecule has 3 nitrogen and oxygen atoms in total. The van der Waals surface area contributed by atoms with Crippen molar-refractivity contribution >= 4 is 17.2 Å². The van der Waals surface area contributed by atoms with E-state index >= 15 is 0 Å². The maximum atomic E-state index is 12.0. The molecule has 2 aromatic rings. The van der Waals surface area contributed by atoms with Gasteiger partial charge in [-0.1, -0.05) is 30.3 Å². The van der Waals surface area contributed by atoms with Crippen LogP contribution in [0.3, 0.4) is 0 Å². The van der Waals surface area contributed by atoms with E-state index in [9.17, 15) is 4.79 Å². The number of carbonyl (C=O) groups excluding carboxylic acids is 1. The average molecular weight is 274 g/mol. The first kappa shape index (κ1) is 13.7. The molecule has 0 aliphatic carbocycles. The summed E-state index contributed by atoms with van der Waals surface area (Å²) in [7, 11) is 0. The average Bonchev–Trinajstić information content (AvgIpc) is 2.89. The van der Waals surface area contributed by atoms with Crippen molar-refractivity contribution in [2.75, 3.05) is 13.1 Å². The van der Waals surface area contributed by atoms with Gasteiger partial charge in [-0.3, -0.25) is 4.79 Å². The van der Waals surface area contributed by atoms with Crippen LogP contribution in [0.2, 0.25) is 0 Å². The molecule has 0 radical (unpaired) electrons. The molecule has 1 aromatic carbocycles. The van der Waals surface area contributed by atoms with E-state index in [2.05, 4.69) is 4.98 Å². The molecule has 0 N–H and O–H groups in total. The molecule has 0 atom stereocenters. The smallest absolute Gasteiger partial charge is 0.228 e. The Balaban J connectivity index is 2.08. The van der Waals surface area contributed by atoms with Crippen LogP contribution in [-0.2, 0) is 11.2 Å². The minimum Gasteiger partial charge on any atom is -0.343 e. The number of hydrogen-bond donors (Lipinski definition) is 0. The molecule has 2 rings (SSSR count). The standard InChI is InChI=1S/C15H18N2OS/c1-3-17(4-2)14(18)10-13-11-19-15(16-13)12-8-6-5-7-9-12/h5-9,11H,3-4,10H2,1-2H3. The summed E-state index contributed by atoms with van der Waals surface area (Å²) in [6.07, 6.45) is 0.394. The van der Waals surface area contributed by atoms with Gasteiger partial charge in [0.2, 0.25) is 5.91 Å². The van der Waals surface area contributed by atoms with Crippen molar-refractivity contribution < 1.29 is 4.79 Å². The summed E-state index contributed by atoms with van der Waals surface area (Å²) in [5, 5.41) is 2.95. The van der Waals surface area contributed by atoms with Gasteiger partial charge in [-0.15, -0.1) is 11.3 Å². The topological polar surface area (TPSA) is 33.2 Å². The van der Waals surface area contributed by atoms with Crippen molar-refractivity contribution in [2.24, 2.45) is 0 Å². The largest absolute Gasteiger partial charge is 0.343 e. The Morgan fingerprint density at radius 1 is 1.21 bits per heavy atom. The van der Waals surface area contributed by atoms with E-state index in [1.807, 2.05) is 54.5 Å². The van der Waals surface area contributed by atoms with Crippen LogP contribution in [-0.4, -0.2) is 28.9 Å². The first-order valence-corrected chi connectivity index (χ1v) is 7.40. The van der Waals surface area contributed by atoms with Gasteiger partial charge in [0.05, 0.1) is 12.1 Å². The molecule has 1 heterocycles. The second-order valence-electron chi connectivity index (χ2n) is 4.25. The van der Waals surface area contributed by atoms with E-state index in [-0.39, 0.29) is 5.91 Å². The van der Waals surface area contributed by atoms with Crippen LogP contribution >= 0.6 is 11.3 Å². The Hall–Kier alpha value is -1.68. The van der Waals surface area contributed by atoms with Gasteiger partial charge in [-0.05, 0) is 13.8 Å². The number of likely N-dealkylation sites (N-methyl/N-ethyl adjacent to an activating group) is 1. The minimum atomic E-state index is 0.148. The number of nitrogens with zero attached hydrogens (tertiary/aromatic N) is 2. The lowest BCUT2D eigenvalue weighted by atomic mass is 10.2. The predicted octanol–water partition coefficient (Wildman–Crippen LogP) is 3.22. The van der Waals surface area contributed by atoms with Crippen LogP contribution in [0.15, 0.2) is 35.7 Å². The summed E-state index contributed by atoms with van der Waals surface area (Å²) in [5.41, 5.74) is 1.97. The second-order valence-corrected chi connectivity index (χ2v) is 5.11. The summed E-state index contributed by atoms with van der Waals surface area (Å²) in [4.78, 5) is 18.4. The lowest BCUT2D eigenvalue weighted by molar-refractivity contribution is -0.130. The molecule has 0 aliphatic heterocycles. The second kappa shape index (κ2) is 6.48. The van der Waals surface area contributed by atoms with E-state index in [1.165, 1.54) is 0 Å². The Morgan fingerprint density at radius 3 is 2.53 bits per heavy atom. The molecular formula is C15H18N2OS. The third-order valence-corrected chi connectivity index (χ3v) is 3.96. The SMILES string of the molecule is CCN(CC)C(=O)Cc1csc(-c2ccccc2)n1. The maximum absolute atomic E-state index is 12.0. The molecule has 0 saturated heterocycles. The van der Waals surface area contributed by atoms with Crippen LogP contribution in [0.5, 0.6) is 0 Å². The fraction of sp³-hybridized carbons (Fsp3) is 0.333. The molecule has 4 heteroatoms. The molecule has 0 spiro atoms. The molecular weight excluding hydrogens is 256 g/mol. The molecule has 19 heavy (non-hydrogen) atoms. The summed E-state index contributed by atoms with van der Waals surface area (Å²) in [6, 6.07) is 10.1. The van der Waals surface area contributed by atoms with E-state index in [1.54, 1.807) is 11.3 Å². The highest BCUT2D eigenvalue weighted by atomic mass is 32.1. The quantitative estimate of drug-likeness (QED) is 0.838. The van der Waals surface area contributed by atoms with Gasteiger partial charge in [0.1, 0.15) is 5.01 Å². The zero-order chi connectivity index (χ0) is 13.7. The number of thiazole rings is 1. The van der Waals surface area contributed by atoms with Crippen molar-refractivity contribution in [3.05, 3.63) is 41.4 Å². The fourth-order valence-electron chi connectivity index (χ4n) is 1.94. The molecule has 0 aliphatic rings. The Bertz CT molecular complexity index is 532. The molecule has 1 aromatic heterocycles. The van der Waals surface area contributed by atoms with Gasteiger partial charge in [-0.2, -0.15) is 0 Å². The van der Waals surface area contributed by atoms with E-state index in [4.69, 9.17) is 0 Å². The van der Waals surface area contributed by atoms with E-state index in [0.29, 0.717) is 6.42 Å². The normalized spacial score (nSPS) is 10.4. The van der Waals surface area contributed by atoms with E-state index < -0.39 is 0 Å². The number of aromatic nitrogens is 1. The van der Waals surface area contributed by atoms with Crippen molar-refractivity contribution in [2.45, 2.75) is 20.3 Å². The van der Waals surface area contributed by atoms with Gasteiger partial charge in [0.15, 0.2) is 0 Å². The summed E-state index contributed by atoms with van der Waals surface area (Å²) >= 11 is 1.59. The first-order chi connectivity index (χ1) is 9.24. The van der Waals surface area contributed by atoms with Crippen LogP contribution in [0.1, 0.15) is 19.5 Å². The van der Waals surface area contributed by atoms with Gasteiger partial charge >= 0.3 is 0 Å². The van der Waals surface area contributed by atoms with Crippen LogP contribution < -0.4 is 0 Å². The van der Waals surface area contributed by atoms with Gasteiger partial charge in [0.25, 0.3) is 0 Å². The van der Waals surface area contributed by atoms with Gasteiger partial charge < -0.3 is 4.90 Å². The lowest BCUT2D eigenvalue weighted by Gasteiger charge is -2.17. The predicted molar refractivity (Wildman–Crippen MR) is 79.2 cm³/mol. The monoisotopic (exact) mass is 274 g/mol. The zero-order valence-electron chi connectivity index (χ0n) is 11.3. The highest BCUT2D eigenvalue weighted by Gasteiger charge is 2.13. The third kappa shape index (κ3) is 3.41. The number of rotatable bonds is 5. The molecule has 0 bridgehead atoms. The van der Waals surface area contributed by atoms with Crippen molar-refractivity contribution in [1.29, 1.82) is 0 Å².